The van der Waals surface area contributed by atoms with Crippen molar-refractivity contribution >= 4 is 23.3 Å². The molecule has 0 bridgehead atoms. The summed E-state index contributed by atoms with van der Waals surface area (Å²) in [5.74, 6) is 2.89. The summed E-state index contributed by atoms with van der Waals surface area (Å²) in [6.45, 7) is 6.20. The van der Waals surface area contributed by atoms with Crippen LogP contribution in [0.25, 0.3) is 0 Å². The third-order valence-electron chi connectivity index (χ3n) is 7.10. The lowest BCUT2D eigenvalue weighted by Crippen LogP contribution is -2.31. The molecule has 3 atom stereocenters. The molecule has 7 heteroatoms. The van der Waals surface area contributed by atoms with Crippen LogP contribution < -0.4 is 15.4 Å². The molecule has 5 rings (SSSR count). The number of nitrogens with one attached hydrogen (secondary N) is 2. The molecule has 2 aliphatic rings. The van der Waals surface area contributed by atoms with Crippen LogP contribution in [0.1, 0.15) is 44.7 Å². The molecule has 180 valence electrons. The summed E-state index contributed by atoms with van der Waals surface area (Å²) in [5, 5.41) is 6.05. The van der Waals surface area contributed by atoms with Gasteiger partial charge in [-0.25, -0.2) is 4.98 Å². The minimum absolute atomic E-state index is 0.0119. The van der Waals surface area contributed by atoms with Gasteiger partial charge in [0.05, 0.1) is 12.7 Å². The molecule has 1 unspecified atom stereocenters. The number of benzene rings is 2. The molecule has 2 heterocycles. The molecule has 0 spiro atoms. The first kappa shape index (κ1) is 22.9. The highest BCUT2D eigenvalue weighted by Gasteiger charge is 2.57. The Kier molecular flexibility index (Phi) is 6.16. The Labute approximate surface area is 205 Å². The lowest BCUT2D eigenvalue weighted by molar-refractivity contribution is 0.0772. The van der Waals surface area contributed by atoms with Gasteiger partial charge in [-0.05, 0) is 79.1 Å². The van der Waals surface area contributed by atoms with E-state index in [1.807, 2.05) is 43.0 Å². The van der Waals surface area contributed by atoms with Crippen LogP contribution in [0.2, 0.25) is 0 Å². The molecule has 2 fully saturated rings. The summed E-state index contributed by atoms with van der Waals surface area (Å²) in [4.78, 5) is 32.2. The van der Waals surface area contributed by atoms with Gasteiger partial charge >= 0.3 is 0 Å². The first-order valence-electron chi connectivity index (χ1n) is 12.0. The fourth-order valence-corrected chi connectivity index (χ4v) is 5.09. The normalized spacial score (nSPS) is 20.2. The third-order valence-corrected chi connectivity index (χ3v) is 7.10. The number of anilines is 2. The van der Waals surface area contributed by atoms with E-state index in [4.69, 9.17) is 4.74 Å². The topological polar surface area (TPSA) is 83.6 Å². The Morgan fingerprint density at radius 1 is 1.03 bits per heavy atom. The van der Waals surface area contributed by atoms with E-state index in [0.29, 0.717) is 34.6 Å². The van der Waals surface area contributed by atoms with E-state index < -0.39 is 0 Å². The number of fused-ring (bicyclic) bond motifs is 1. The summed E-state index contributed by atoms with van der Waals surface area (Å²) in [7, 11) is 1.67. The first-order chi connectivity index (χ1) is 17.0. The maximum absolute atomic E-state index is 13.2. The molecular weight excluding hydrogens is 440 g/mol. The second kappa shape index (κ2) is 9.41. The van der Waals surface area contributed by atoms with Crippen molar-refractivity contribution in [2.75, 3.05) is 37.4 Å². The van der Waals surface area contributed by atoms with Gasteiger partial charge in [0.15, 0.2) is 0 Å². The second-order valence-corrected chi connectivity index (χ2v) is 9.28. The number of ether oxygens (including phenoxy) is 1. The summed E-state index contributed by atoms with van der Waals surface area (Å²) < 4.78 is 5.26. The number of carbonyl (C=O) groups excluding carboxylic acids is 2. The molecule has 1 aliphatic carbocycles. The van der Waals surface area contributed by atoms with Crippen molar-refractivity contribution < 1.29 is 14.3 Å². The van der Waals surface area contributed by atoms with Crippen LogP contribution in [0.3, 0.4) is 0 Å². The van der Waals surface area contributed by atoms with E-state index in [2.05, 4.69) is 27.8 Å². The summed E-state index contributed by atoms with van der Waals surface area (Å²) in [6, 6.07) is 17.3. The van der Waals surface area contributed by atoms with Crippen molar-refractivity contribution in [3.8, 4) is 5.75 Å². The largest absolute Gasteiger partial charge is 0.497 e. The minimum atomic E-state index is -0.252. The van der Waals surface area contributed by atoms with Gasteiger partial charge in [-0.15, -0.1) is 0 Å². The van der Waals surface area contributed by atoms with E-state index in [1.165, 1.54) is 5.56 Å². The third kappa shape index (κ3) is 4.58. The predicted octanol–water partition coefficient (Wildman–Crippen LogP) is 4.57. The molecule has 1 saturated heterocycles. The monoisotopic (exact) mass is 470 g/mol. The molecular formula is C28H30N4O3. The van der Waals surface area contributed by atoms with Crippen LogP contribution >= 0.6 is 0 Å². The lowest BCUT2D eigenvalue weighted by atomic mass is 10.1. The zero-order valence-electron chi connectivity index (χ0n) is 20.2. The van der Waals surface area contributed by atoms with Crippen LogP contribution in [0, 0.1) is 18.8 Å². The average molecular weight is 471 g/mol. The summed E-state index contributed by atoms with van der Waals surface area (Å²) in [6.07, 6.45) is 1.55. The molecule has 1 saturated carbocycles. The van der Waals surface area contributed by atoms with Crippen molar-refractivity contribution in [1.82, 2.24) is 9.88 Å². The number of piperidine rings is 1. The molecule has 3 aromatic rings. The number of hydrogen-bond acceptors (Lipinski definition) is 5. The Bertz CT molecular complexity index is 1230. The van der Waals surface area contributed by atoms with Gasteiger partial charge in [-0.2, -0.15) is 0 Å². The Hall–Kier alpha value is -3.87. The Balaban J connectivity index is 1.23. The summed E-state index contributed by atoms with van der Waals surface area (Å²) >= 11 is 0. The molecule has 35 heavy (non-hydrogen) atoms. The average Bonchev–Trinajstić information content (AvgIpc) is 3.38. The number of methoxy groups -OCH3 is 1. The van der Waals surface area contributed by atoms with Crippen molar-refractivity contribution in [2.45, 2.75) is 19.8 Å². The number of aryl methyl sites for hydroxylation is 1. The Morgan fingerprint density at radius 3 is 2.37 bits per heavy atom. The number of carbonyl (C=O) groups is 2. The standard InChI is InChI=1S/C28H30N4O3/c1-4-29-25-12-9-20(14-30-25)27(33)31-24-13-19(6-5-17(24)2)28(34)32-15-22-23(16-32)26(22)18-7-10-21(35-3)11-8-18/h5-14,22-23,26H,4,15-16H2,1-3H3,(H,29,30)(H,31,33)/t22-,23?,26+/m0/s1. The second-order valence-electron chi connectivity index (χ2n) is 9.28. The van der Waals surface area contributed by atoms with E-state index in [0.717, 1.165) is 36.8 Å². The Morgan fingerprint density at radius 2 is 1.74 bits per heavy atom. The highest BCUT2D eigenvalue weighted by Crippen LogP contribution is 2.58. The highest BCUT2D eigenvalue weighted by atomic mass is 16.5. The molecule has 1 aromatic heterocycles. The molecule has 2 amide bonds. The number of aromatic nitrogens is 1. The number of likely N-dealkylation sites (tertiary alicyclic amines) is 1. The molecule has 0 radical (unpaired) electrons. The van der Waals surface area contributed by atoms with Gasteiger partial charge in [-0.1, -0.05) is 18.2 Å². The fraction of sp³-hybridized carbons (Fsp3) is 0.321. The van der Waals surface area contributed by atoms with Crippen LogP contribution in [0.5, 0.6) is 5.75 Å². The number of rotatable bonds is 7. The van der Waals surface area contributed by atoms with E-state index in [-0.39, 0.29) is 11.8 Å². The van der Waals surface area contributed by atoms with Gasteiger partial charge in [0.1, 0.15) is 11.6 Å². The van der Waals surface area contributed by atoms with Crippen LogP contribution in [0.15, 0.2) is 60.8 Å². The number of amides is 2. The van der Waals surface area contributed by atoms with Crippen molar-refractivity contribution in [3.05, 3.63) is 83.0 Å². The van der Waals surface area contributed by atoms with Crippen molar-refractivity contribution in [1.29, 1.82) is 0 Å². The van der Waals surface area contributed by atoms with E-state index in [9.17, 15) is 9.59 Å². The number of nitrogens with zero attached hydrogens (tertiary/aromatic N) is 2. The van der Waals surface area contributed by atoms with Crippen LogP contribution in [-0.2, 0) is 0 Å². The van der Waals surface area contributed by atoms with Crippen LogP contribution in [0.4, 0.5) is 11.5 Å². The smallest absolute Gasteiger partial charge is 0.257 e. The first-order valence-corrected chi connectivity index (χ1v) is 12.0. The van der Waals surface area contributed by atoms with Gasteiger partial charge < -0.3 is 20.3 Å². The lowest BCUT2D eigenvalue weighted by Gasteiger charge is -2.21. The van der Waals surface area contributed by atoms with Gasteiger partial charge in [0, 0.05) is 37.1 Å². The predicted molar refractivity (Wildman–Crippen MR) is 136 cm³/mol. The van der Waals surface area contributed by atoms with Crippen LogP contribution in [-0.4, -0.2) is 48.4 Å². The van der Waals surface area contributed by atoms with E-state index >= 15 is 0 Å². The quantitative estimate of drug-likeness (QED) is 0.529. The molecule has 2 aromatic carbocycles. The van der Waals surface area contributed by atoms with Crippen molar-refractivity contribution in [3.63, 3.8) is 0 Å². The summed E-state index contributed by atoms with van der Waals surface area (Å²) in [5.41, 5.74) is 3.91. The maximum Gasteiger partial charge on any atom is 0.257 e. The molecule has 2 N–H and O–H groups in total. The molecule has 7 nitrogen and oxygen atoms in total. The van der Waals surface area contributed by atoms with Gasteiger partial charge in [0.25, 0.3) is 11.8 Å². The van der Waals surface area contributed by atoms with Gasteiger partial charge in [-0.3, -0.25) is 9.59 Å². The van der Waals surface area contributed by atoms with Gasteiger partial charge in [0.2, 0.25) is 0 Å². The zero-order valence-corrected chi connectivity index (χ0v) is 20.2. The zero-order chi connectivity index (χ0) is 24.5. The SMILES string of the molecule is CCNc1ccc(C(=O)Nc2cc(C(=O)N3CC4[C@H](C3)[C@H]4c3ccc(OC)cc3)ccc2C)cn1. The minimum Gasteiger partial charge on any atom is -0.497 e. The number of hydrogen-bond donors (Lipinski definition) is 2. The van der Waals surface area contributed by atoms with Crippen molar-refractivity contribution in [2.24, 2.45) is 11.8 Å². The maximum atomic E-state index is 13.2. The highest BCUT2D eigenvalue weighted by molar-refractivity contribution is 6.05. The fourth-order valence-electron chi connectivity index (χ4n) is 5.09. The number of pyridine rings is 1. The van der Waals surface area contributed by atoms with E-state index in [1.54, 1.807) is 31.5 Å². The molecule has 1 aliphatic heterocycles.